The molecule has 1 aliphatic heterocycles. The predicted molar refractivity (Wildman–Crippen MR) is 95.2 cm³/mol. The largest absolute Gasteiger partial charge is 0.472 e. The molecule has 0 radical (unpaired) electrons. The van der Waals surface area contributed by atoms with Crippen LogP contribution in [-0.2, 0) is 6.42 Å². The van der Waals surface area contributed by atoms with Gasteiger partial charge in [0.05, 0.1) is 17.9 Å². The lowest BCUT2D eigenvalue weighted by Crippen LogP contribution is -2.31. The van der Waals surface area contributed by atoms with E-state index >= 15 is 0 Å². The number of allylic oxidation sites excluding steroid dienone is 1. The number of carbonyl (C=O) groups is 1. The second kappa shape index (κ2) is 6.49. The van der Waals surface area contributed by atoms with Crippen LogP contribution in [0.15, 0.2) is 77.1 Å². The van der Waals surface area contributed by atoms with Crippen LogP contribution in [0.1, 0.15) is 32.4 Å². The highest BCUT2D eigenvalue weighted by molar-refractivity contribution is 7.10. The Kier molecular flexibility index (Phi) is 4.05. The van der Waals surface area contributed by atoms with Gasteiger partial charge in [0.1, 0.15) is 6.26 Å². The van der Waals surface area contributed by atoms with Crippen LogP contribution in [0, 0.1) is 0 Å². The van der Waals surface area contributed by atoms with Crippen molar-refractivity contribution in [3.8, 4) is 0 Å². The number of carbonyl (C=O) groups excluding carboxylic acids is 1. The standard InChI is InChI=1S/C20H17NO2S/c22-18(16-8-12-23-14-16)6-10-21-11-7-19-17(9-13-24-19)20(21)15-4-2-1-3-5-15/h1-6,8-10,12-14,20H,7,11H2. The van der Waals surface area contributed by atoms with Crippen LogP contribution in [0.3, 0.4) is 0 Å². The number of thiophene rings is 1. The van der Waals surface area contributed by atoms with E-state index in [2.05, 4.69) is 40.6 Å². The van der Waals surface area contributed by atoms with Gasteiger partial charge >= 0.3 is 0 Å². The summed E-state index contributed by atoms with van der Waals surface area (Å²) in [6.07, 6.45) is 7.58. The van der Waals surface area contributed by atoms with Crippen LogP contribution in [0.2, 0.25) is 0 Å². The van der Waals surface area contributed by atoms with E-state index in [4.69, 9.17) is 4.42 Å². The molecule has 0 saturated carbocycles. The number of nitrogens with zero attached hydrogens (tertiary/aromatic N) is 1. The zero-order chi connectivity index (χ0) is 16.4. The lowest BCUT2D eigenvalue weighted by atomic mass is 9.93. The molecule has 3 heterocycles. The quantitative estimate of drug-likeness (QED) is 0.512. The molecule has 120 valence electrons. The molecule has 3 aromatic rings. The molecule has 1 unspecified atom stereocenters. The average Bonchev–Trinajstić information content (AvgIpc) is 3.31. The summed E-state index contributed by atoms with van der Waals surface area (Å²) in [4.78, 5) is 15.9. The summed E-state index contributed by atoms with van der Waals surface area (Å²) in [6.45, 7) is 0.905. The second-order valence-corrected chi connectivity index (χ2v) is 6.79. The van der Waals surface area contributed by atoms with Crippen molar-refractivity contribution in [2.24, 2.45) is 0 Å². The average molecular weight is 335 g/mol. The molecule has 1 aromatic carbocycles. The van der Waals surface area contributed by atoms with E-state index in [1.165, 1.54) is 28.5 Å². The van der Waals surface area contributed by atoms with Crippen molar-refractivity contribution in [2.75, 3.05) is 6.54 Å². The first-order valence-corrected chi connectivity index (χ1v) is 8.82. The minimum absolute atomic E-state index is 0.0355. The maximum absolute atomic E-state index is 12.2. The molecular formula is C20H17NO2S. The monoisotopic (exact) mass is 335 g/mol. The number of furan rings is 1. The van der Waals surface area contributed by atoms with Gasteiger partial charge in [-0.25, -0.2) is 0 Å². The van der Waals surface area contributed by atoms with Crippen LogP contribution in [0.5, 0.6) is 0 Å². The van der Waals surface area contributed by atoms with Crippen LogP contribution in [0.4, 0.5) is 0 Å². The molecule has 0 saturated heterocycles. The third-order valence-electron chi connectivity index (χ3n) is 4.34. The van der Waals surface area contributed by atoms with E-state index in [1.807, 2.05) is 23.6 Å². The maximum atomic E-state index is 12.2. The zero-order valence-electron chi connectivity index (χ0n) is 13.1. The molecule has 0 N–H and O–H groups in total. The van der Waals surface area contributed by atoms with Crippen molar-refractivity contribution in [2.45, 2.75) is 12.5 Å². The first-order valence-electron chi connectivity index (χ1n) is 7.94. The molecule has 24 heavy (non-hydrogen) atoms. The maximum Gasteiger partial charge on any atom is 0.190 e. The smallest absolute Gasteiger partial charge is 0.190 e. The summed E-state index contributed by atoms with van der Waals surface area (Å²) in [6, 6.07) is 14.5. The Hall–Kier alpha value is -2.59. The van der Waals surface area contributed by atoms with Gasteiger partial charge in [0.2, 0.25) is 0 Å². The van der Waals surface area contributed by atoms with Crippen molar-refractivity contribution in [3.63, 3.8) is 0 Å². The summed E-state index contributed by atoms with van der Waals surface area (Å²) in [5.74, 6) is -0.0355. The molecule has 0 fully saturated rings. The van der Waals surface area contributed by atoms with Crippen LogP contribution in [-0.4, -0.2) is 17.2 Å². The van der Waals surface area contributed by atoms with Crippen LogP contribution in [0.25, 0.3) is 0 Å². The Morgan fingerprint density at radius 2 is 2.08 bits per heavy atom. The summed E-state index contributed by atoms with van der Waals surface area (Å²) >= 11 is 1.82. The molecule has 0 aliphatic carbocycles. The summed E-state index contributed by atoms with van der Waals surface area (Å²) in [5.41, 5.74) is 3.17. The topological polar surface area (TPSA) is 33.5 Å². The molecule has 4 rings (SSSR count). The number of ketones is 1. The Morgan fingerprint density at radius 3 is 2.88 bits per heavy atom. The highest BCUT2D eigenvalue weighted by atomic mass is 32.1. The van der Waals surface area contributed by atoms with Gasteiger partial charge in [-0.15, -0.1) is 11.3 Å². The van der Waals surface area contributed by atoms with Crippen molar-refractivity contribution >= 4 is 17.1 Å². The Morgan fingerprint density at radius 1 is 1.21 bits per heavy atom. The van der Waals surface area contributed by atoms with E-state index < -0.39 is 0 Å². The number of benzene rings is 1. The molecule has 2 aromatic heterocycles. The van der Waals surface area contributed by atoms with Crippen molar-refractivity contribution in [1.29, 1.82) is 0 Å². The second-order valence-electron chi connectivity index (χ2n) is 5.79. The number of fused-ring (bicyclic) bond motifs is 1. The van der Waals surface area contributed by atoms with Gasteiger partial charge < -0.3 is 9.32 Å². The third kappa shape index (κ3) is 2.81. The molecule has 1 aliphatic rings. The fourth-order valence-corrected chi connectivity index (χ4v) is 4.07. The predicted octanol–water partition coefficient (Wildman–Crippen LogP) is 4.69. The van der Waals surface area contributed by atoms with Crippen molar-refractivity contribution < 1.29 is 9.21 Å². The van der Waals surface area contributed by atoms with Gasteiger partial charge in [0.25, 0.3) is 0 Å². The number of hydrogen-bond donors (Lipinski definition) is 0. The SMILES string of the molecule is O=C(C=CN1CCc2sccc2C1c1ccccc1)c1ccoc1. The Bertz CT molecular complexity index is 849. The van der Waals surface area contributed by atoms with Crippen molar-refractivity contribution in [3.05, 3.63) is 94.2 Å². The molecule has 0 spiro atoms. The Labute approximate surface area is 144 Å². The first-order chi connectivity index (χ1) is 11.8. The molecule has 1 atom stereocenters. The fourth-order valence-electron chi connectivity index (χ4n) is 3.17. The van der Waals surface area contributed by atoms with Gasteiger partial charge in [-0.3, -0.25) is 4.79 Å². The highest BCUT2D eigenvalue weighted by Gasteiger charge is 2.27. The van der Waals surface area contributed by atoms with Gasteiger partial charge in [0.15, 0.2) is 5.78 Å². The highest BCUT2D eigenvalue weighted by Crippen LogP contribution is 2.37. The third-order valence-corrected chi connectivity index (χ3v) is 5.34. The minimum atomic E-state index is -0.0355. The fraction of sp³-hybridized carbons (Fsp3) is 0.150. The Balaban J connectivity index is 1.65. The van der Waals surface area contributed by atoms with Gasteiger partial charge in [-0.05, 0) is 35.1 Å². The molecule has 0 amide bonds. The normalized spacial score (nSPS) is 17.2. The summed E-state index contributed by atoms with van der Waals surface area (Å²) in [5, 5.41) is 2.16. The van der Waals surface area contributed by atoms with Gasteiger partial charge in [-0.1, -0.05) is 30.3 Å². The van der Waals surface area contributed by atoms with Crippen LogP contribution >= 0.6 is 11.3 Å². The van der Waals surface area contributed by atoms with E-state index in [-0.39, 0.29) is 11.8 Å². The molecule has 0 bridgehead atoms. The summed E-state index contributed by atoms with van der Waals surface area (Å²) in [7, 11) is 0. The molecular weight excluding hydrogens is 318 g/mol. The van der Waals surface area contributed by atoms with E-state index in [9.17, 15) is 4.79 Å². The van der Waals surface area contributed by atoms with Gasteiger partial charge in [-0.2, -0.15) is 0 Å². The number of rotatable bonds is 4. The zero-order valence-corrected chi connectivity index (χ0v) is 13.9. The molecule has 3 nitrogen and oxygen atoms in total. The van der Waals surface area contributed by atoms with Gasteiger partial charge in [0, 0.05) is 23.7 Å². The summed E-state index contributed by atoms with van der Waals surface area (Å²) < 4.78 is 4.99. The van der Waals surface area contributed by atoms with Crippen LogP contribution < -0.4 is 0 Å². The minimum Gasteiger partial charge on any atom is -0.472 e. The number of hydrogen-bond acceptors (Lipinski definition) is 4. The van der Waals surface area contributed by atoms with Crippen molar-refractivity contribution in [1.82, 2.24) is 4.90 Å². The lowest BCUT2D eigenvalue weighted by Gasteiger charge is -2.35. The van der Waals surface area contributed by atoms with E-state index in [0.29, 0.717) is 5.56 Å². The van der Waals surface area contributed by atoms with E-state index in [0.717, 1.165) is 13.0 Å². The lowest BCUT2D eigenvalue weighted by molar-refractivity contribution is 0.104. The van der Waals surface area contributed by atoms with E-state index in [1.54, 1.807) is 12.1 Å². The first kappa shape index (κ1) is 15.0. The molecule has 4 heteroatoms.